The van der Waals surface area contributed by atoms with Crippen molar-refractivity contribution in [1.82, 2.24) is 0 Å². The normalized spacial score (nSPS) is 12.3. The fourth-order valence-corrected chi connectivity index (χ4v) is 4.20. The molecule has 0 aliphatic heterocycles. The predicted octanol–water partition coefficient (Wildman–Crippen LogP) is 7.27. The van der Waals surface area contributed by atoms with Crippen LogP contribution in [0.4, 0.5) is 0 Å². The van der Waals surface area contributed by atoms with Gasteiger partial charge in [0.1, 0.15) is 17.6 Å². The zero-order valence-electron chi connectivity index (χ0n) is 18.9. The number of benzene rings is 3. The topological polar surface area (TPSA) is 35.5 Å². The summed E-state index contributed by atoms with van der Waals surface area (Å²) in [6.07, 6.45) is 2.83. The summed E-state index contributed by atoms with van der Waals surface area (Å²) >= 11 is 1.53. The lowest BCUT2D eigenvalue weighted by Gasteiger charge is -2.13. The molecular weight excluding hydrogens is 416 g/mol. The first kappa shape index (κ1) is 23.7. The molecular formula is C28H30O3S. The second kappa shape index (κ2) is 12.2. The third-order valence-electron chi connectivity index (χ3n) is 5.11. The second-order valence-corrected chi connectivity index (χ2v) is 8.66. The van der Waals surface area contributed by atoms with E-state index in [1.165, 1.54) is 34.0 Å². The van der Waals surface area contributed by atoms with Crippen molar-refractivity contribution < 1.29 is 14.3 Å². The van der Waals surface area contributed by atoms with E-state index in [1.807, 2.05) is 44.2 Å². The lowest BCUT2D eigenvalue weighted by Crippen LogP contribution is -2.19. The number of carbonyl (C=O) groups is 1. The maximum absolute atomic E-state index is 12.0. The minimum Gasteiger partial charge on any atom is -0.490 e. The zero-order chi connectivity index (χ0) is 22.8. The molecule has 0 aromatic heterocycles. The number of ether oxygens (including phenoxy) is 2. The van der Waals surface area contributed by atoms with E-state index >= 15 is 0 Å². The number of esters is 1. The number of hydrogen-bond donors (Lipinski definition) is 0. The number of allylic oxidation sites excluding steroid dienone is 1. The van der Waals surface area contributed by atoms with Crippen molar-refractivity contribution in [1.29, 1.82) is 0 Å². The lowest BCUT2D eigenvalue weighted by molar-refractivity contribution is -0.142. The van der Waals surface area contributed by atoms with Crippen LogP contribution < -0.4 is 4.74 Å². The molecule has 0 N–H and O–H groups in total. The molecule has 3 aromatic rings. The highest BCUT2D eigenvalue weighted by Gasteiger charge is 2.18. The van der Waals surface area contributed by atoms with Gasteiger partial charge in [-0.25, -0.2) is 0 Å². The highest BCUT2D eigenvalue weighted by atomic mass is 32.2. The van der Waals surface area contributed by atoms with Gasteiger partial charge in [-0.1, -0.05) is 61.5 Å². The van der Waals surface area contributed by atoms with Crippen molar-refractivity contribution >= 4 is 23.3 Å². The van der Waals surface area contributed by atoms with Gasteiger partial charge in [-0.15, -0.1) is 11.8 Å². The van der Waals surface area contributed by atoms with Crippen LogP contribution in [0.15, 0.2) is 89.8 Å². The highest BCUT2D eigenvalue weighted by molar-refractivity contribution is 8.00. The SMILES string of the molecule is CCOC(=O)C(CC)Sc1ccc(OC/C=C(\C)c2ccc(-c3ccccc3)cc2)cc1. The van der Waals surface area contributed by atoms with Crippen molar-refractivity contribution in [3.63, 3.8) is 0 Å². The van der Waals surface area contributed by atoms with Gasteiger partial charge in [-0.2, -0.15) is 0 Å². The van der Waals surface area contributed by atoms with Crippen LogP contribution in [0.2, 0.25) is 0 Å². The monoisotopic (exact) mass is 446 g/mol. The third-order valence-corrected chi connectivity index (χ3v) is 6.46. The molecule has 0 radical (unpaired) electrons. The number of rotatable bonds is 10. The van der Waals surface area contributed by atoms with Gasteiger partial charge in [0.05, 0.1) is 6.61 Å². The second-order valence-electron chi connectivity index (χ2n) is 7.38. The van der Waals surface area contributed by atoms with Gasteiger partial charge in [0.15, 0.2) is 0 Å². The van der Waals surface area contributed by atoms with Gasteiger partial charge in [0.2, 0.25) is 0 Å². The third kappa shape index (κ3) is 6.76. The van der Waals surface area contributed by atoms with Gasteiger partial charge in [0, 0.05) is 4.90 Å². The Labute approximate surface area is 195 Å². The van der Waals surface area contributed by atoms with E-state index in [-0.39, 0.29) is 11.2 Å². The molecule has 3 rings (SSSR count). The van der Waals surface area contributed by atoms with Crippen LogP contribution in [0.1, 0.15) is 32.8 Å². The van der Waals surface area contributed by atoms with Crippen molar-refractivity contribution in [3.05, 3.63) is 90.5 Å². The number of carbonyl (C=O) groups excluding carboxylic acids is 1. The summed E-state index contributed by atoms with van der Waals surface area (Å²) in [5, 5.41) is -0.180. The molecule has 0 saturated carbocycles. The van der Waals surface area contributed by atoms with Crippen molar-refractivity contribution in [2.75, 3.05) is 13.2 Å². The molecule has 1 unspecified atom stereocenters. The molecule has 0 aliphatic rings. The van der Waals surface area contributed by atoms with Crippen molar-refractivity contribution in [2.24, 2.45) is 0 Å². The van der Waals surface area contributed by atoms with E-state index in [0.717, 1.165) is 17.1 Å². The standard InChI is InChI=1S/C28H30O3S/c1-4-27(28(29)30-5-2)32-26-17-15-25(16-18-26)31-20-19-21(3)22-11-13-24(14-12-22)23-9-7-6-8-10-23/h6-19,27H,4-5,20H2,1-3H3/b21-19+. The summed E-state index contributed by atoms with van der Waals surface area (Å²) in [6.45, 7) is 6.83. The zero-order valence-corrected chi connectivity index (χ0v) is 19.7. The van der Waals surface area contributed by atoms with Crippen molar-refractivity contribution in [3.8, 4) is 16.9 Å². The molecule has 0 amide bonds. The molecule has 0 spiro atoms. The highest BCUT2D eigenvalue weighted by Crippen LogP contribution is 2.28. The summed E-state index contributed by atoms with van der Waals surface area (Å²) < 4.78 is 11.0. The van der Waals surface area contributed by atoms with Gasteiger partial charge < -0.3 is 9.47 Å². The Morgan fingerprint density at radius 1 is 0.906 bits per heavy atom. The fourth-order valence-electron chi connectivity index (χ4n) is 3.25. The first-order chi connectivity index (χ1) is 15.6. The van der Waals surface area contributed by atoms with Gasteiger partial charge >= 0.3 is 5.97 Å². The van der Waals surface area contributed by atoms with Crippen LogP contribution >= 0.6 is 11.8 Å². The minimum absolute atomic E-state index is 0.155. The van der Waals surface area contributed by atoms with Crippen LogP contribution in [0.5, 0.6) is 5.75 Å². The van der Waals surface area contributed by atoms with Gasteiger partial charge in [-0.05, 0) is 72.9 Å². The average Bonchev–Trinajstić information content (AvgIpc) is 2.84. The number of thioether (sulfide) groups is 1. The van der Waals surface area contributed by atoms with E-state index in [4.69, 9.17) is 9.47 Å². The molecule has 0 fully saturated rings. The summed E-state index contributed by atoms with van der Waals surface area (Å²) in [4.78, 5) is 13.0. The smallest absolute Gasteiger partial charge is 0.319 e. The van der Waals surface area contributed by atoms with E-state index in [1.54, 1.807) is 0 Å². The molecule has 32 heavy (non-hydrogen) atoms. The maximum atomic E-state index is 12.0. The summed E-state index contributed by atoms with van der Waals surface area (Å²) in [5.74, 6) is 0.653. The molecule has 3 nitrogen and oxygen atoms in total. The average molecular weight is 447 g/mol. The first-order valence-corrected chi connectivity index (χ1v) is 11.9. The minimum atomic E-state index is -0.180. The molecule has 0 saturated heterocycles. The van der Waals surface area contributed by atoms with Crippen LogP contribution in [0.3, 0.4) is 0 Å². The molecule has 4 heteroatoms. The molecule has 0 bridgehead atoms. The maximum Gasteiger partial charge on any atom is 0.319 e. The predicted molar refractivity (Wildman–Crippen MR) is 134 cm³/mol. The van der Waals surface area contributed by atoms with E-state index in [9.17, 15) is 4.79 Å². The molecule has 0 heterocycles. The number of hydrogen-bond acceptors (Lipinski definition) is 4. The van der Waals surface area contributed by atoms with Crippen LogP contribution in [0, 0.1) is 0 Å². The summed E-state index contributed by atoms with van der Waals surface area (Å²) in [6, 6.07) is 26.8. The molecule has 166 valence electrons. The Hall–Kier alpha value is -2.98. The van der Waals surface area contributed by atoms with E-state index in [2.05, 4.69) is 61.5 Å². The Morgan fingerprint density at radius 3 is 2.19 bits per heavy atom. The Kier molecular flexibility index (Phi) is 9.00. The van der Waals surface area contributed by atoms with Gasteiger partial charge in [-0.3, -0.25) is 4.79 Å². The van der Waals surface area contributed by atoms with Crippen LogP contribution in [-0.2, 0) is 9.53 Å². The van der Waals surface area contributed by atoms with E-state index < -0.39 is 0 Å². The summed E-state index contributed by atoms with van der Waals surface area (Å²) in [5.41, 5.74) is 4.80. The van der Waals surface area contributed by atoms with Crippen LogP contribution in [0.25, 0.3) is 16.7 Å². The van der Waals surface area contributed by atoms with E-state index in [0.29, 0.717) is 13.2 Å². The fraction of sp³-hybridized carbons (Fsp3) is 0.250. The Morgan fingerprint density at radius 2 is 1.56 bits per heavy atom. The first-order valence-electron chi connectivity index (χ1n) is 11.0. The lowest BCUT2D eigenvalue weighted by atomic mass is 10.0. The quantitative estimate of drug-likeness (QED) is 0.242. The molecule has 1 atom stereocenters. The Balaban J connectivity index is 1.53. The molecule has 3 aromatic carbocycles. The summed E-state index contributed by atoms with van der Waals surface area (Å²) in [7, 11) is 0. The van der Waals surface area contributed by atoms with Crippen LogP contribution in [-0.4, -0.2) is 24.4 Å². The largest absolute Gasteiger partial charge is 0.490 e. The van der Waals surface area contributed by atoms with Gasteiger partial charge in [0.25, 0.3) is 0 Å². The molecule has 0 aliphatic carbocycles. The Bertz CT molecular complexity index is 1010. The van der Waals surface area contributed by atoms with Crippen molar-refractivity contribution in [2.45, 2.75) is 37.3 Å².